The minimum absolute atomic E-state index is 0.114. The van der Waals surface area contributed by atoms with Crippen LogP contribution >= 0.6 is 27.3 Å². The van der Waals surface area contributed by atoms with E-state index in [0.29, 0.717) is 6.54 Å². The Hall–Kier alpha value is -0.650. The van der Waals surface area contributed by atoms with Crippen LogP contribution in [-0.4, -0.2) is 30.9 Å². The molecular formula is C16H23BrN2OS. The summed E-state index contributed by atoms with van der Waals surface area (Å²) >= 11 is 5.14. The van der Waals surface area contributed by atoms with Crippen molar-refractivity contribution in [3.05, 3.63) is 32.4 Å². The highest BCUT2D eigenvalue weighted by Crippen LogP contribution is 2.21. The third-order valence-corrected chi connectivity index (χ3v) is 5.19. The molecule has 0 saturated carbocycles. The molecule has 21 heavy (non-hydrogen) atoms. The molecule has 0 spiro atoms. The van der Waals surface area contributed by atoms with Crippen LogP contribution < -0.4 is 5.32 Å². The van der Waals surface area contributed by atoms with Gasteiger partial charge in [0, 0.05) is 13.1 Å². The second kappa shape index (κ2) is 8.71. The van der Waals surface area contributed by atoms with Crippen LogP contribution in [0.3, 0.4) is 0 Å². The van der Waals surface area contributed by atoms with Gasteiger partial charge in [0.05, 0.1) is 10.3 Å². The van der Waals surface area contributed by atoms with Crippen LogP contribution in [0, 0.1) is 0 Å². The van der Waals surface area contributed by atoms with Crippen LogP contribution in [0.2, 0.25) is 0 Å². The van der Waals surface area contributed by atoms with Gasteiger partial charge < -0.3 is 5.32 Å². The Labute approximate surface area is 139 Å². The number of halogens is 1. The quantitative estimate of drug-likeness (QED) is 0.736. The van der Waals surface area contributed by atoms with Crippen molar-refractivity contribution in [2.45, 2.75) is 38.6 Å². The number of hydrogen-bond acceptors (Lipinski definition) is 3. The molecular weight excluding hydrogens is 348 g/mol. The number of carbonyl (C=O) groups excluding carboxylic acids is 1. The third kappa shape index (κ3) is 6.32. The molecule has 0 aliphatic heterocycles. The van der Waals surface area contributed by atoms with Gasteiger partial charge in [-0.1, -0.05) is 11.6 Å². The van der Waals surface area contributed by atoms with Crippen LogP contribution in [-0.2, 0) is 11.3 Å². The minimum atomic E-state index is 0.114. The van der Waals surface area contributed by atoms with Crippen molar-refractivity contribution in [2.75, 3.05) is 20.1 Å². The van der Waals surface area contributed by atoms with E-state index in [-0.39, 0.29) is 5.91 Å². The van der Waals surface area contributed by atoms with E-state index in [1.807, 2.05) is 11.9 Å². The second-order valence-electron chi connectivity index (χ2n) is 5.64. The van der Waals surface area contributed by atoms with Gasteiger partial charge in [-0.3, -0.25) is 9.69 Å². The molecule has 1 N–H and O–H groups in total. The van der Waals surface area contributed by atoms with Crippen LogP contribution in [0.5, 0.6) is 0 Å². The van der Waals surface area contributed by atoms with Crippen molar-refractivity contribution in [3.63, 3.8) is 0 Å². The van der Waals surface area contributed by atoms with Crippen LogP contribution in [0.15, 0.2) is 26.9 Å². The van der Waals surface area contributed by atoms with Crippen molar-refractivity contribution in [2.24, 2.45) is 0 Å². The van der Waals surface area contributed by atoms with Crippen molar-refractivity contribution in [1.82, 2.24) is 10.2 Å². The fourth-order valence-corrected chi connectivity index (χ4v) is 3.79. The molecule has 1 aromatic heterocycles. The number of hydrogen-bond donors (Lipinski definition) is 1. The van der Waals surface area contributed by atoms with Gasteiger partial charge in [-0.2, -0.15) is 0 Å². The lowest BCUT2D eigenvalue weighted by atomic mass is 9.97. The third-order valence-electron chi connectivity index (χ3n) is 3.64. The maximum atomic E-state index is 11.9. The van der Waals surface area contributed by atoms with Gasteiger partial charge >= 0.3 is 0 Å². The SMILES string of the molecule is CN(CC(=O)NCCC1=CCCCC1)Cc1csc(Br)c1. The summed E-state index contributed by atoms with van der Waals surface area (Å²) in [7, 11) is 1.98. The largest absolute Gasteiger partial charge is 0.355 e. The first kappa shape index (κ1) is 16.7. The lowest BCUT2D eigenvalue weighted by Crippen LogP contribution is -2.35. The Kier molecular flexibility index (Phi) is 6.93. The molecule has 116 valence electrons. The molecule has 0 atom stereocenters. The standard InChI is InChI=1S/C16H23BrN2OS/c1-19(10-14-9-15(17)21-12-14)11-16(20)18-8-7-13-5-3-2-4-6-13/h5,9,12H,2-4,6-8,10-11H2,1H3,(H,18,20). The number of amides is 1. The van der Waals surface area contributed by atoms with Gasteiger partial charge in [0.15, 0.2) is 0 Å². The number of likely N-dealkylation sites (N-methyl/N-ethyl adjacent to an activating group) is 1. The zero-order chi connectivity index (χ0) is 15.1. The monoisotopic (exact) mass is 370 g/mol. The first-order valence-corrected chi connectivity index (χ1v) is 9.17. The number of nitrogens with one attached hydrogen (secondary N) is 1. The van der Waals surface area contributed by atoms with E-state index in [9.17, 15) is 4.79 Å². The Morgan fingerprint density at radius 3 is 3.00 bits per heavy atom. The van der Waals surface area contributed by atoms with Gasteiger partial charge in [0.2, 0.25) is 5.91 Å². The summed E-state index contributed by atoms with van der Waals surface area (Å²) in [6, 6.07) is 2.11. The summed E-state index contributed by atoms with van der Waals surface area (Å²) < 4.78 is 1.14. The molecule has 3 nitrogen and oxygen atoms in total. The molecule has 0 saturated heterocycles. The highest BCUT2D eigenvalue weighted by molar-refractivity contribution is 9.11. The molecule has 0 unspecified atom stereocenters. The van der Waals surface area contributed by atoms with Crippen molar-refractivity contribution >= 4 is 33.2 Å². The number of allylic oxidation sites excluding steroid dienone is 1. The number of thiophene rings is 1. The maximum Gasteiger partial charge on any atom is 0.234 e. The lowest BCUT2D eigenvalue weighted by molar-refractivity contribution is -0.122. The summed E-state index contributed by atoms with van der Waals surface area (Å²) in [6.07, 6.45) is 8.40. The first-order valence-electron chi connectivity index (χ1n) is 7.49. The van der Waals surface area contributed by atoms with Crippen LogP contribution in [0.25, 0.3) is 0 Å². The molecule has 1 aromatic rings. The molecule has 0 radical (unpaired) electrons. The van der Waals surface area contributed by atoms with Crippen molar-refractivity contribution in [1.29, 1.82) is 0 Å². The summed E-state index contributed by atoms with van der Waals surface area (Å²) in [5.74, 6) is 0.114. The molecule has 0 bridgehead atoms. The second-order valence-corrected chi connectivity index (χ2v) is 7.93. The summed E-state index contributed by atoms with van der Waals surface area (Å²) in [5.41, 5.74) is 2.76. The summed E-state index contributed by atoms with van der Waals surface area (Å²) in [5, 5.41) is 5.14. The molecule has 0 aromatic carbocycles. The van der Waals surface area contributed by atoms with E-state index in [1.54, 1.807) is 11.3 Å². The van der Waals surface area contributed by atoms with E-state index in [0.717, 1.165) is 23.3 Å². The Balaban J connectivity index is 1.63. The fraction of sp³-hybridized carbons (Fsp3) is 0.562. The summed E-state index contributed by atoms with van der Waals surface area (Å²) in [4.78, 5) is 14.0. The zero-order valence-corrected chi connectivity index (χ0v) is 14.9. The minimum Gasteiger partial charge on any atom is -0.355 e. The normalized spacial score (nSPS) is 15.1. The van der Waals surface area contributed by atoms with Crippen molar-refractivity contribution in [3.8, 4) is 0 Å². The average Bonchev–Trinajstić information content (AvgIpc) is 2.85. The predicted molar refractivity (Wildman–Crippen MR) is 92.5 cm³/mol. The Bertz CT molecular complexity index is 498. The molecule has 5 heteroatoms. The van der Waals surface area contributed by atoms with Crippen LogP contribution in [0.4, 0.5) is 0 Å². The zero-order valence-electron chi connectivity index (χ0n) is 12.5. The Morgan fingerprint density at radius 2 is 2.33 bits per heavy atom. The van der Waals surface area contributed by atoms with Gasteiger partial charge in [-0.25, -0.2) is 0 Å². The molecule has 0 fully saturated rings. The smallest absolute Gasteiger partial charge is 0.234 e. The Morgan fingerprint density at radius 1 is 1.48 bits per heavy atom. The van der Waals surface area contributed by atoms with Crippen LogP contribution in [0.1, 0.15) is 37.7 Å². The van der Waals surface area contributed by atoms with E-state index in [1.165, 1.54) is 36.8 Å². The predicted octanol–water partition coefficient (Wildman–Crippen LogP) is 3.95. The fourth-order valence-electron chi connectivity index (χ4n) is 2.59. The van der Waals surface area contributed by atoms with E-state index >= 15 is 0 Å². The molecule has 2 rings (SSSR count). The number of nitrogens with zero attached hydrogens (tertiary/aromatic N) is 1. The van der Waals surface area contributed by atoms with Gasteiger partial charge in [-0.05, 0) is 72.1 Å². The highest BCUT2D eigenvalue weighted by Gasteiger charge is 2.09. The average molecular weight is 371 g/mol. The van der Waals surface area contributed by atoms with Gasteiger partial charge in [-0.15, -0.1) is 11.3 Å². The summed E-state index contributed by atoms with van der Waals surface area (Å²) in [6.45, 7) is 2.02. The molecule has 1 heterocycles. The maximum absolute atomic E-state index is 11.9. The topological polar surface area (TPSA) is 32.3 Å². The number of carbonyl (C=O) groups is 1. The van der Waals surface area contributed by atoms with E-state index in [2.05, 4.69) is 38.8 Å². The molecule has 1 amide bonds. The molecule has 1 aliphatic carbocycles. The lowest BCUT2D eigenvalue weighted by Gasteiger charge is -2.16. The number of rotatable bonds is 7. The highest BCUT2D eigenvalue weighted by atomic mass is 79.9. The first-order chi connectivity index (χ1) is 10.1. The molecule has 1 aliphatic rings. The van der Waals surface area contributed by atoms with E-state index in [4.69, 9.17) is 0 Å². The van der Waals surface area contributed by atoms with Gasteiger partial charge in [0.1, 0.15) is 0 Å². The van der Waals surface area contributed by atoms with Crippen molar-refractivity contribution < 1.29 is 4.79 Å². The van der Waals surface area contributed by atoms with Gasteiger partial charge in [0.25, 0.3) is 0 Å². The van der Waals surface area contributed by atoms with E-state index < -0.39 is 0 Å².